The van der Waals surface area contributed by atoms with Gasteiger partial charge >= 0.3 is 0 Å². The number of pyridine rings is 1. The summed E-state index contributed by atoms with van der Waals surface area (Å²) in [5.74, 6) is 0. The summed E-state index contributed by atoms with van der Waals surface area (Å²) in [7, 11) is -0.290. The van der Waals surface area contributed by atoms with Crippen molar-refractivity contribution in [2.45, 2.75) is 45.1 Å². The van der Waals surface area contributed by atoms with Crippen LogP contribution in [0.25, 0.3) is 11.0 Å². The van der Waals surface area contributed by atoms with Crippen LogP contribution < -0.4 is 0 Å². The molecule has 0 amide bonds. The highest BCUT2D eigenvalue weighted by molar-refractivity contribution is 7.89. The van der Waals surface area contributed by atoms with Gasteiger partial charge in [-0.3, -0.25) is 4.68 Å². The van der Waals surface area contributed by atoms with Crippen molar-refractivity contribution in [3.05, 3.63) is 33.5 Å². The largest absolute Gasteiger partial charge is 0.250 e. The fourth-order valence-corrected chi connectivity index (χ4v) is 5.45. The van der Waals surface area contributed by atoms with Crippen LogP contribution in [0.15, 0.2) is 17.2 Å². The van der Waals surface area contributed by atoms with E-state index in [0.717, 1.165) is 33.1 Å². The molecule has 0 bridgehead atoms. The molecule has 3 heterocycles. The summed E-state index contributed by atoms with van der Waals surface area (Å²) in [4.78, 5) is 9.96. The highest BCUT2D eigenvalue weighted by Crippen LogP contribution is 2.32. The Morgan fingerprint density at radius 2 is 2.00 bits per heavy atom. The van der Waals surface area contributed by atoms with Gasteiger partial charge < -0.3 is 0 Å². The van der Waals surface area contributed by atoms with Gasteiger partial charge in [0.1, 0.15) is 4.90 Å². The van der Waals surface area contributed by atoms with E-state index in [1.54, 1.807) is 36.2 Å². The second-order valence-electron chi connectivity index (χ2n) is 6.36. The van der Waals surface area contributed by atoms with Gasteiger partial charge in [0.05, 0.1) is 22.4 Å². The van der Waals surface area contributed by atoms with E-state index in [1.165, 1.54) is 10.5 Å². The Bertz CT molecular complexity index is 1070. The molecular weight excluding hydrogens is 370 g/mol. The van der Waals surface area contributed by atoms with E-state index in [1.807, 2.05) is 27.7 Å². The van der Waals surface area contributed by atoms with Gasteiger partial charge in [0, 0.05) is 30.6 Å². The van der Waals surface area contributed by atoms with Crippen molar-refractivity contribution < 1.29 is 8.42 Å². The van der Waals surface area contributed by atoms with Crippen molar-refractivity contribution in [2.75, 3.05) is 7.05 Å². The van der Waals surface area contributed by atoms with Crippen molar-refractivity contribution in [1.82, 2.24) is 24.1 Å². The quantitative estimate of drug-likeness (QED) is 0.666. The van der Waals surface area contributed by atoms with E-state index < -0.39 is 10.0 Å². The van der Waals surface area contributed by atoms with Crippen LogP contribution in [-0.2, 0) is 23.5 Å². The van der Waals surface area contributed by atoms with Gasteiger partial charge in [-0.15, -0.1) is 11.3 Å². The number of aryl methyl sites for hydroxylation is 4. The summed E-state index contributed by atoms with van der Waals surface area (Å²) in [5, 5.41) is 6.07. The molecule has 0 saturated heterocycles. The average molecular weight is 394 g/mol. The molecule has 0 aliphatic rings. The molecule has 3 aromatic heterocycles. The highest BCUT2D eigenvalue weighted by Gasteiger charge is 2.29. The van der Waals surface area contributed by atoms with E-state index in [0.29, 0.717) is 5.65 Å². The molecule has 0 N–H and O–H groups in total. The lowest BCUT2D eigenvalue weighted by molar-refractivity contribution is 0.401. The second-order valence-corrected chi connectivity index (χ2v) is 9.47. The van der Waals surface area contributed by atoms with Gasteiger partial charge in [-0.25, -0.2) is 18.4 Å². The number of hydrogen-bond acceptors (Lipinski definition) is 6. The van der Waals surface area contributed by atoms with Crippen molar-refractivity contribution in [2.24, 2.45) is 7.05 Å². The number of rotatable bonds is 5. The lowest BCUT2D eigenvalue weighted by Gasteiger charge is -2.23. The third-order valence-corrected chi connectivity index (χ3v) is 7.98. The predicted molar refractivity (Wildman–Crippen MR) is 103 cm³/mol. The maximum Gasteiger partial charge on any atom is 0.244 e. The molecule has 3 rings (SSSR count). The fraction of sp³-hybridized carbons (Fsp3) is 0.471. The first kappa shape index (κ1) is 18.9. The number of hydrogen-bond donors (Lipinski definition) is 0. The van der Waals surface area contributed by atoms with Gasteiger partial charge in [-0.05, 0) is 33.3 Å². The van der Waals surface area contributed by atoms with Crippen LogP contribution in [0.3, 0.4) is 0 Å². The van der Waals surface area contributed by atoms with Crippen molar-refractivity contribution in [3.63, 3.8) is 0 Å². The van der Waals surface area contributed by atoms with Crippen LogP contribution in [0.2, 0.25) is 0 Å². The molecule has 0 aliphatic heterocycles. The Morgan fingerprint density at radius 3 is 2.62 bits per heavy atom. The minimum Gasteiger partial charge on any atom is -0.250 e. The van der Waals surface area contributed by atoms with Crippen LogP contribution in [0, 0.1) is 13.8 Å². The van der Waals surface area contributed by atoms with Crippen molar-refractivity contribution in [3.8, 4) is 0 Å². The summed E-state index contributed by atoms with van der Waals surface area (Å²) in [6, 6.07) is 1.35. The van der Waals surface area contributed by atoms with E-state index >= 15 is 0 Å². The molecular formula is C17H23N5O2S2. The van der Waals surface area contributed by atoms with Crippen LogP contribution in [0.4, 0.5) is 0 Å². The third-order valence-electron chi connectivity index (χ3n) is 4.62. The van der Waals surface area contributed by atoms with Crippen LogP contribution in [-0.4, -0.2) is 39.5 Å². The first-order valence-corrected chi connectivity index (χ1v) is 10.7. The number of aromatic nitrogens is 4. The predicted octanol–water partition coefficient (Wildman–Crippen LogP) is 2.99. The fourth-order valence-electron chi connectivity index (χ4n) is 2.97. The summed E-state index contributed by atoms with van der Waals surface area (Å²) >= 11 is 1.57. The van der Waals surface area contributed by atoms with Crippen LogP contribution in [0.5, 0.6) is 0 Å². The molecule has 0 aliphatic carbocycles. The minimum atomic E-state index is -3.69. The average Bonchev–Trinajstić information content (AvgIpc) is 3.13. The Hall–Kier alpha value is -1.84. The third kappa shape index (κ3) is 3.04. The van der Waals surface area contributed by atoms with E-state index in [-0.39, 0.29) is 10.9 Å². The minimum absolute atomic E-state index is 0.174. The molecule has 7 nitrogen and oxygen atoms in total. The second kappa shape index (κ2) is 6.71. The smallest absolute Gasteiger partial charge is 0.244 e. The van der Waals surface area contributed by atoms with Gasteiger partial charge in [0.15, 0.2) is 5.65 Å². The van der Waals surface area contributed by atoms with Gasteiger partial charge in [0.2, 0.25) is 10.0 Å². The zero-order valence-corrected chi connectivity index (χ0v) is 17.4. The molecule has 0 aromatic carbocycles. The standard InChI is InChI=1S/C17H23N5O2S2/c1-7-15-19-11(3)16(25-15)12(4)22(6)26(23,24)13-8-14-10(2)20-21(5)17(14)18-9-13/h8-9,12H,7H2,1-6H3. The van der Waals surface area contributed by atoms with Crippen molar-refractivity contribution in [1.29, 1.82) is 0 Å². The maximum absolute atomic E-state index is 13.1. The first-order valence-electron chi connectivity index (χ1n) is 8.40. The Morgan fingerprint density at radius 1 is 1.31 bits per heavy atom. The van der Waals surface area contributed by atoms with Gasteiger partial charge in [0.25, 0.3) is 0 Å². The molecule has 1 unspecified atom stereocenters. The summed E-state index contributed by atoms with van der Waals surface area (Å²) in [6.45, 7) is 7.71. The Balaban J connectivity index is 2.01. The van der Waals surface area contributed by atoms with E-state index in [2.05, 4.69) is 15.1 Å². The first-order chi connectivity index (χ1) is 12.2. The zero-order valence-electron chi connectivity index (χ0n) is 15.8. The summed E-state index contributed by atoms with van der Waals surface area (Å²) in [6.07, 6.45) is 2.24. The number of sulfonamides is 1. The molecule has 0 saturated carbocycles. The van der Waals surface area contributed by atoms with Gasteiger partial charge in [-0.1, -0.05) is 6.92 Å². The Labute approximate surface area is 157 Å². The molecule has 26 heavy (non-hydrogen) atoms. The zero-order chi connectivity index (χ0) is 19.2. The highest BCUT2D eigenvalue weighted by atomic mass is 32.2. The number of fused-ring (bicyclic) bond motifs is 1. The van der Waals surface area contributed by atoms with Gasteiger partial charge in [-0.2, -0.15) is 9.40 Å². The molecule has 3 aromatic rings. The van der Waals surface area contributed by atoms with Crippen LogP contribution >= 0.6 is 11.3 Å². The Kier molecular flexibility index (Phi) is 4.89. The summed E-state index contributed by atoms with van der Waals surface area (Å²) < 4.78 is 29.3. The molecule has 1 atom stereocenters. The summed E-state index contributed by atoms with van der Waals surface area (Å²) in [5.41, 5.74) is 2.31. The number of nitrogens with zero attached hydrogens (tertiary/aromatic N) is 5. The molecule has 0 radical (unpaired) electrons. The van der Waals surface area contributed by atoms with Crippen molar-refractivity contribution >= 4 is 32.4 Å². The number of thiazole rings is 1. The topological polar surface area (TPSA) is 81.0 Å². The SMILES string of the molecule is CCc1nc(C)c(C(C)N(C)S(=O)(=O)c2cnc3c(c2)c(C)nn3C)s1. The van der Waals surface area contributed by atoms with E-state index in [4.69, 9.17) is 0 Å². The lowest BCUT2D eigenvalue weighted by atomic mass is 10.2. The normalized spacial score (nSPS) is 13.7. The monoisotopic (exact) mass is 393 g/mol. The maximum atomic E-state index is 13.1. The molecule has 0 fully saturated rings. The molecule has 9 heteroatoms. The van der Waals surface area contributed by atoms with Crippen LogP contribution in [0.1, 0.15) is 41.2 Å². The molecule has 0 spiro atoms. The molecule has 140 valence electrons. The van der Waals surface area contributed by atoms with E-state index in [9.17, 15) is 8.42 Å². The lowest BCUT2D eigenvalue weighted by Crippen LogP contribution is -2.29.